The molecule has 0 aromatic rings. The van der Waals surface area contributed by atoms with Gasteiger partial charge in [-0.25, -0.2) is 0 Å². The molecular weight excluding hydrogens is 200 g/mol. The molecular formula is C13H24N2O. The van der Waals surface area contributed by atoms with Crippen molar-refractivity contribution in [1.29, 1.82) is 0 Å². The van der Waals surface area contributed by atoms with E-state index in [9.17, 15) is 4.79 Å². The molecule has 0 saturated carbocycles. The number of piperidine rings is 1. The summed E-state index contributed by atoms with van der Waals surface area (Å²) in [6.07, 6.45) is 5.89. The lowest BCUT2D eigenvalue weighted by Crippen LogP contribution is -2.43. The monoisotopic (exact) mass is 224 g/mol. The number of hydrogen-bond acceptors (Lipinski definition) is 2. The van der Waals surface area contributed by atoms with Gasteiger partial charge in [0.05, 0.1) is 5.92 Å². The third-order valence-corrected chi connectivity index (χ3v) is 3.97. The van der Waals surface area contributed by atoms with E-state index in [4.69, 9.17) is 0 Å². The topological polar surface area (TPSA) is 32.3 Å². The Morgan fingerprint density at radius 2 is 2.06 bits per heavy atom. The van der Waals surface area contributed by atoms with Gasteiger partial charge in [0.15, 0.2) is 0 Å². The van der Waals surface area contributed by atoms with Gasteiger partial charge >= 0.3 is 0 Å². The highest BCUT2D eigenvalue weighted by Crippen LogP contribution is 2.20. The Kier molecular flexibility index (Phi) is 4.22. The van der Waals surface area contributed by atoms with E-state index >= 15 is 0 Å². The average molecular weight is 224 g/mol. The number of nitrogens with zero attached hydrogens (tertiary/aromatic N) is 1. The van der Waals surface area contributed by atoms with E-state index in [-0.39, 0.29) is 5.92 Å². The van der Waals surface area contributed by atoms with Crippen molar-refractivity contribution in [2.45, 2.75) is 39.0 Å². The maximum absolute atomic E-state index is 12.3. The van der Waals surface area contributed by atoms with Crippen molar-refractivity contribution in [2.75, 3.05) is 26.2 Å². The molecule has 0 radical (unpaired) electrons. The standard InChI is InChI=1S/C13H24N2O/c1-11-4-3-8-15(9-6-11)13(16)12-5-2-7-14-10-12/h11-12,14H,2-10H2,1H3. The van der Waals surface area contributed by atoms with E-state index in [1.807, 2.05) is 0 Å². The van der Waals surface area contributed by atoms with Crippen LogP contribution in [0.1, 0.15) is 39.0 Å². The first-order valence-corrected chi connectivity index (χ1v) is 6.77. The number of carbonyl (C=O) groups is 1. The summed E-state index contributed by atoms with van der Waals surface area (Å²) in [5.41, 5.74) is 0. The maximum Gasteiger partial charge on any atom is 0.226 e. The van der Waals surface area contributed by atoms with Crippen LogP contribution in [0, 0.1) is 11.8 Å². The summed E-state index contributed by atoms with van der Waals surface area (Å²) in [6.45, 7) is 6.25. The van der Waals surface area contributed by atoms with E-state index in [1.54, 1.807) is 0 Å². The molecule has 92 valence electrons. The Morgan fingerprint density at radius 3 is 2.81 bits per heavy atom. The minimum absolute atomic E-state index is 0.252. The van der Waals surface area contributed by atoms with Crippen LogP contribution in [0.4, 0.5) is 0 Å². The first-order valence-electron chi connectivity index (χ1n) is 6.77. The molecule has 2 aliphatic rings. The molecule has 2 rings (SSSR count). The van der Waals surface area contributed by atoms with Crippen LogP contribution in [0.2, 0.25) is 0 Å². The zero-order chi connectivity index (χ0) is 11.4. The normalized spacial score (nSPS) is 32.2. The van der Waals surface area contributed by atoms with Gasteiger partial charge in [-0.3, -0.25) is 4.79 Å². The second-order valence-electron chi connectivity index (χ2n) is 5.40. The van der Waals surface area contributed by atoms with Crippen LogP contribution in [0.5, 0.6) is 0 Å². The highest BCUT2D eigenvalue weighted by atomic mass is 16.2. The molecule has 2 atom stereocenters. The highest BCUT2D eigenvalue weighted by Gasteiger charge is 2.26. The lowest BCUT2D eigenvalue weighted by Gasteiger charge is -2.28. The van der Waals surface area contributed by atoms with Crippen LogP contribution in [0.25, 0.3) is 0 Å². The van der Waals surface area contributed by atoms with Crippen LogP contribution >= 0.6 is 0 Å². The fraction of sp³-hybridized carbons (Fsp3) is 0.923. The predicted molar refractivity (Wildman–Crippen MR) is 65.2 cm³/mol. The number of rotatable bonds is 1. The fourth-order valence-corrected chi connectivity index (χ4v) is 2.80. The molecule has 0 aliphatic carbocycles. The van der Waals surface area contributed by atoms with Gasteiger partial charge in [-0.15, -0.1) is 0 Å². The van der Waals surface area contributed by atoms with Gasteiger partial charge in [0.25, 0.3) is 0 Å². The summed E-state index contributed by atoms with van der Waals surface area (Å²) in [5, 5.41) is 3.33. The predicted octanol–water partition coefficient (Wildman–Crippen LogP) is 1.63. The minimum atomic E-state index is 0.252. The Balaban J connectivity index is 1.87. The highest BCUT2D eigenvalue weighted by molar-refractivity contribution is 5.79. The Morgan fingerprint density at radius 1 is 1.19 bits per heavy atom. The molecule has 0 bridgehead atoms. The van der Waals surface area contributed by atoms with E-state index in [0.29, 0.717) is 5.91 Å². The summed E-state index contributed by atoms with van der Waals surface area (Å²) >= 11 is 0. The van der Waals surface area contributed by atoms with Gasteiger partial charge in [-0.1, -0.05) is 6.92 Å². The number of likely N-dealkylation sites (tertiary alicyclic amines) is 1. The molecule has 0 aromatic heterocycles. The van der Waals surface area contributed by atoms with Crippen molar-refractivity contribution in [1.82, 2.24) is 10.2 Å². The molecule has 2 unspecified atom stereocenters. The van der Waals surface area contributed by atoms with Gasteiger partial charge in [-0.05, 0) is 44.6 Å². The Labute approximate surface area is 98.6 Å². The second-order valence-corrected chi connectivity index (χ2v) is 5.40. The average Bonchev–Trinajstić information content (AvgIpc) is 2.54. The van der Waals surface area contributed by atoms with Crippen molar-refractivity contribution in [3.05, 3.63) is 0 Å². The first kappa shape index (κ1) is 11.9. The summed E-state index contributed by atoms with van der Waals surface area (Å²) in [7, 11) is 0. The molecule has 0 spiro atoms. The van der Waals surface area contributed by atoms with Gasteiger partial charge < -0.3 is 10.2 Å². The summed E-state index contributed by atoms with van der Waals surface area (Å²) in [4.78, 5) is 14.4. The summed E-state index contributed by atoms with van der Waals surface area (Å²) in [6, 6.07) is 0. The Hall–Kier alpha value is -0.570. The molecule has 0 aromatic carbocycles. The number of carbonyl (C=O) groups excluding carboxylic acids is 1. The SMILES string of the molecule is CC1CCCN(C(=O)C2CCCNC2)CC1. The zero-order valence-corrected chi connectivity index (χ0v) is 10.4. The van der Waals surface area contributed by atoms with Crippen molar-refractivity contribution in [2.24, 2.45) is 11.8 Å². The van der Waals surface area contributed by atoms with Crippen LogP contribution < -0.4 is 5.32 Å². The van der Waals surface area contributed by atoms with Crippen molar-refractivity contribution in [3.8, 4) is 0 Å². The van der Waals surface area contributed by atoms with Crippen LogP contribution in [-0.4, -0.2) is 37.0 Å². The fourth-order valence-electron chi connectivity index (χ4n) is 2.80. The molecule has 2 aliphatic heterocycles. The summed E-state index contributed by atoms with van der Waals surface area (Å²) < 4.78 is 0. The van der Waals surface area contributed by atoms with Gasteiger partial charge in [-0.2, -0.15) is 0 Å². The summed E-state index contributed by atoms with van der Waals surface area (Å²) in [5.74, 6) is 1.45. The lowest BCUT2D eigenvalue weighted by atomic mass is 9.98. The second kappa shape index (κ2) is 5.67. The lowest BCUT2D eigenvalue weighted by molar-refractivity contribution is -0.136. The quantitative estimate of drug-likeness (QED) is 0.734. The maximum atomic E-state index is 12.3. The zero-order valence-electron chi connectivity index (χ0n) is 10.4. The molecule has 2 heterocycles. The minimum Gasteiger partial charge on any atom is -0.342 e. The molecule has 1 amide bonds. The van der Waals surface area contributed by atoms with Gasteiger partial charge in [0, 0.05) is 19.6 Å². The van der Waals surface area contributed by atoms with Crippen molar-refractivity contribution in [3.63, 3.8) is 0 Å². The van der Waals surface area contributed by atoms with Crippen LogP contribution in [0.3, 0.4) is 0 Å². The molecule has 2 fully saturated rings. The van der Waals surface area contributed by atoms with Gasteiger partial charge in [0.2, 0.25) is 5.91 Å². The molecule has 16 heavy (non-hydrogen) atoms. The van der Waals surface area contributed by atoms with Crippen LogP contribution in [0.15, 0.2) is 0 Å². The number of amides is 1. The molecule has 3 nitrogen and oxygen atoms in total. The van der Waals surface area contributed by atoms with Gasteiger partial charge in [0.1, 0.15) is 0 Å². The van der Waals surface area contributed by atoms with E-state index in [2.05, 4.69) is 17.1 Å². The Bertz CT molecular complexity index is 236. The number of nitrogens with one attached hydrogen (secondary N) is 1. The van der Waals surface area contributed by atoms with E-state index < -0.39 is 0 Å². The number of hydrogen-bond donors (Lipinski definition) is 1. The third kappa shape index (κ3) is 2.97. The molecule has 3 heteroatoms. The van der Waals surface area contributed by atoms with E-state index in [1.165, 1.54) is 19.3 Å². The first-order chi connectivity index (χ1) is 7.77. The molecule has 1 N–H and O–H groups in total. The van der Waals surface area contributed by atoms with Crippen molar-refractivity contribution >= 4 is 5.91 Å². The third-order valence-electron chi connectivity index (χ3n) is 3.97. The smallest absolute Gasteiger partial charge is 0.226 e. The van der Waals surface area contributed by atoms with Crippen LogP contribution in [-0.2, 0) is 4.79 Å². The largest absolute Gasteiger partial charge is 0.342 e. The van der Waals surface area contributed by atoms with E-state index in [0.717, 1.165) is 44.9 Å². The van der Waals surface area contributed by atoms with Crippen molar-refractivity contribution < 1.29 is 4.79 Å². The molecule has 2 saturated heterocycles.